The van der Waals surface area contributed by atoms with E-state index in [0.29, 0.717) is 17.3 Å². The van der Waals surface area contributed by atoms with Gasteiger partial charge in [0.25, 0.3) is 0 Å². The van der Waals surface area contributed by atoms with Crippen molar-refractivity contribution in [1.82, 2.24) is 9.71 Å². The molecule has 110 valence electrons. The molecule has 0 unspecified atom stereocenters. The molecule has 0 aliphatic rings. The second-order valence-electron chi connectivity index (χ2n) is 4.25. The maximum Gasteiger partial charge on any atom is 0.250 e. The quantitative estimate of drug-likeness (QED) is 0.678. The third-order valence-electron chi connectivity index (χ3n) is 2.84. The summed E-state index contributed by atoms with van der Waals surface area (Å²) in [7, 11) is -3.38. The lowest BCUT2D eigenvalue weighted by Gasteiger charge is -2.08. The highest BCUT2D eigenvalue weighted by molar-refractivity contribution is 7.91. The number of thiophene rings is 2. The van der Waals surface area contributed by atoms with Crippen molar-refractivity contribution in [3.63, 3.8) is 0 Å². The van der Waals surface area contributed by atoms with Gasteiger partial charge < -0.3 is 5.32 Å². The lowest BCUT2D eigenvalue weighted by molar-refractivity contribution is 0.585. The van der Waals surface area contributed by atoms with Crippen LogP contribution in [0.3, 0.4) is 0 Å². The molecule has 3 heterocycles. The van der Waals surface area contributed by atoms with Crippen LogP contribution in [0.1, 0.15) is 0 Å². The Morgan fingerprint density at radius 2 is 2.00 bits per heavy atom. The molecule has 3 rings (SSSR count). The smallest absolute Gasteiger partial charge is 0.250 e. The van der Waals surface area contributed by atoms with Crippen molar-refractivity contribution in [1.29, 1.82) is 0 Å². The van der Waals surface area contributed by atoms with Gasteiger partial charge in [-0.1, -0.05) is 6.07 Å². The maximum absolute atomic E-state index is 11.9. The van der Waals surface area contributed by atoms with E-state index in [9.17, 15) is 8.42 Å². The van der Waals surface area contributed by atoms with E-state index >= 15 is 0 Å². The maximum atomic E-state index is 11.9. The van der Waals surface area contributed by atoms with Gasteiger partial charge in [-0.15, -0.1) is 22.7 Å². The van der Waals surface area contributed by atoms with Crippen molar-refractivity contribution >= 4 is 48.6 Å². The molecule has 21 heavy (non-hydrogen) atoms. The van der Waals surface area contributed by atoms with Gasteiger partial charge in [-0.05, 0) is 29.0 Å². The van der Waals surface area contributed by atoms with E-state index in [-0.39, 0.29) is 0 Å². The fourth-order valence-electron chi connectivity index (χ4n) is 1.88. The van der Waals surface area contributed by atoms with Crippen LogP contribution in [-0.2, 0) is 10.0 Å². The first-order chi connectivity index (χ1) is 10.2. The number of nitrogens with one attached hydrogen (secondary N) is 2. The summed E-state index contributed by atoms with van der Waals surface area (Å²) in [6, 6.07) is 7.18. The number of aromatic nitrogens is 1. The number of rotatable bonds is 6. The van der Waals surface area contributed by atoms with Crippen LogP contribution in [0.25, 0.3) is 10.2 Å². The number of nitrogens with zero attached hydrogens (tertiary/aromatic N) is 1. The van der Waals surface area contributed by atoms with Gasteiger partial charge in [0.2, 0.25) is 10.0 Å². The summed E-state index contributed by atoms with van der Waals surface area (Å²) < 4.78 is 27.9. The van der Waals surface area contributed by atoms with Crippen molar-refractivity contribution in [3.05, 3.63) is 41.2 Å². The summed E-state index contributed by atoms with van der Waals surface area (Å²) in [6.45, 7) is 0.844. The second kappa shape index (κ2) is 6.10. The number of sulfonamides is 1. The molecule has 2 N–H and O–H groups in total. The number of pyridine rings is 1. The second-order valence-corrected chi connectivity index (χ2v) is 8.11. The molecule has 0 spiro atoms. The van der Waals surface area contributed by atoms with Crippen LogP contribution in [0.5, 0.6) is 0 Å². The Morgan fingerprint density at radius 3 is 2.81 bits per heavy atom. The fraction of sp³-hybridized carbons (Fsp3) is 0.154. The van der Waals surface area contributed by atoms with Crippen LogP contribution in [0.4, 0.5) is 5.69 Å². The van der Waals surface area contributed by atoms with Gasteiger partial charge in [-0.25, -0.2) is 13.1 Å². The highest BCUT2D eigenvalue weighted by Gasteiger charge is 2.13. The summed E-state index contributed by atoms with van der Waals surface area (Å²) in [4.78, 5) is 4.26. The summed E-state index contributed by atoms with van der Waals surface area (Å²) in [6.07, 6.45) is 1.74. The number of fused-ring (bicyclic) bond motifs is 1. The summed E-state index contributed by atoms with van der Waals surface area (Å²) in [5.41, 5.74) is 1.93. The van der Waals surface area contributed by atoms with E-state index in [1.165, 1.54) is 11.3 Å². The minimum Gasteiger partial charge on any atom is -0.382 e. The molecule has 3 aromatic rings. The van der Waals surface area contributed by atoms with Gasteiger partial charge in [-0.3, -0.25) is 4.98 Å². The lowest BCUT2D eigenvalue weighted by Crippen LogP contribution is -2.28. The van der Waals surface area contributed by atoms with E-state index in [4.69, 9.17) is 0 Å². The molecule has 5 nitrogen and oxygen atoms in total. The van der Waals surface area contributed by atoms with Crippen LogP contribution in [0.2, 0.25) is 0 Å². The largest absolute Gasteiger partial charge is 0.382 e. The molecule has 0 atom stereocenters. The Kier molecular flexibility index (Phi) is 4.20. The first-order valence-corrected chi connectivity index (χ1v) is 9.50. The van der Waals surface area contributed by atoms with E-state index in [1.54, 1.807) is 35.0 Å². The first kappa shape index (κ1) is 14.5. The highest BCUT2D eigenvalue weighted by Crippen LogP contribution is 2.26. The fourth-order valence-corrected chi connectivity index (χ4v) is 4.79. The molecule has 3 aromatic heterocycles. The average Bonchev–Trinajstić information content (AvgIpc) is 3.14. The molecule has 0 saturated carbocycles. The topological polar surface area (TPSA) is 71.1 Å². The molecular formula is C13H13N3O2S3. The van der Waals surface area contributed by atoms with Gasteiger partial charge >= 0.3 is 0 Å². The Labute approximate surface area is 130 Å². The zero-order valence-corrected chi connectivity index (χ0v) is 13.4. The predicted octanol–water partition coefficient (Wildman–Crippen LogP) is 2.75. The third-order valence-corrected chi connectivity index (χ3v) is 6.63. The molecule has 0 radical (unpaired) electrons. The average molecular weight is 339 g/mol. The minimum absolute atomic E-state index is 0.329. The van der Waals surface area contributed by atoms with Crippen LogP contribution in [0.15, 0.2) is 45.4 Å². The Bertz CT molecular complexity index is 825. The predicted molar refractivity (Wildman–Crippen MR) is 87.6 cm³/mol. The molecule has 0 aromatic carbocycles. The lowest BCUT2D eigenvalue weighted by atomic mass is 10.3. The van der Waals surface area contributed by atoms with Crippen molar-refractivity contribution in [2.75, 3.05) is 18.4 Å². The Balaban J connectivity index is 1.59. The van der Waals surface area contributed by atoms with Crippen LogP contribution < -0.4 is 10.0 Å². The van der Waals surface area contributed by atoms with Crippen molar-refractivity contribution in [2.45, 2.75) is 4.21 Å². The molecule has 0 amide bonds. The standard InChI is InChI=1S/C13H13N3O2S3/c17-21(18,12-2-1-8-19-12)16-7-6-15-10-3-5-14-11-4-9-20-13(10)11/h1-5,8-9,16H,6-7H2,(H,14,15). The molecule has 0 saturated heterocycles. The SMILES string of the molecule is O=S(=O)(NCCNc1ccnc2ccsc12)c1cccs1. The number of hydrogen-bond donors (Lipinski definition) is 2. The molecule has 0 fully saturated rings. The van der Waals surface area contributed by atoms with Gasteiger partial charge in [0.05, 0.1) is 15.9 Å². The van der Waals surface area contributed by atoms with Gasteiger partial charge in [0, 0.05) is 19.3 Å². The zero-order chi connectivity index (χ0) is 14.7. The molecule has 8 heteroatoms. The van der Waals surface area contributed by atoms with E-state index < -0.39 is 10.0 Å². The van der Waals surface area contributed by atoms with E-state index in [1.807, 2.05) is 17.5 Å². The number of anilines is 1. The van der Waals surface area contributed by atoms with Gasteiger partial charge in [0.1, 0.15) is 4.21 Å². The molecule has 0 aliphatic heterocycles. The van der Waals surface area contributed by atoms with Crippen LogP contribution in [-0.4, -0.2) is 26.5 Å². The minimum atomic E-state index is -3.38. The molecular weight excluding hydrogens is 326 g/mol. The Morgan fingerprint density at radius 1 is 1.10 bits per heavy atom. The molecule has 0 bridgehead atoms. The van der Waals surface area contributed by atoms with Crippen LogP contribution in [0, 0.1) is 0 Å². The van der Waals surface area contributed by atoms with E-state index in [2.05, 4.69) is 15.0 Å². The van der Waals surface area contributed by atoms with Gasteiger partial charge in [-0.2, -0.15) is 0 Å². The van der Waals surface area contributed by atoms with Crippen LogP contribution >= 0.6 is 22.7 Å². The van der Waals surface area contributed by atoms with Crippen molar-refractivity contribution in [2.24, 2.45) is 0 Å². The monoisotopic (exact) mass is 339 g/mol. The summed E-state index contributed by atoms with van der Waals surface area (Å²) in [5, 5.41) is 6.97. The van der Waals surface area contributed by atoms with E-state index in [0.717, 1.165) is 15.9 Å². The van der Waals surface area contributed by atoms with Crippen molar-refractivity contribution in [3.8, 4) is 0 Å². The third kappa shape index (κ3) is 3.24. The first-order valence-electron chi connectivity index (χ1n) is 6.26. The summed E-state index contributed by atoms with van der Waals surface area (Å²) in [5.74, 6) is 0. The molecule has 0 aliphatic carbocycles. The number of hydrogen-bond acceptors (Lipinski definition) is 6. The van der Waals surface area contributed by atoms with Gasteiger partial charge in [0.15, 0.2) is 0 Å². The van der Waals surface area contributed by atoms with Crippen molar-refractivity contribution < 1.29 is 8.42 Å². The zero-order valence-electron chi connectivity index (χ0n) is 10.9. The normalized spacial score (nSPS) is 11.8. The summed E-state index contributed by atoms with van der Waals surface area (Å²) >= 11 is 2.82. The Hall–Kier alpha value is -1.48. The highest BCUT2D eigenvalue weighted by atomic mass is 32.2.